The van der Waals surface area contributed by atoms with Gasteiger partial charge < -0.3 is 0 Å². The third-order valence-electron chi connectivity index (χ3n) is 2.85. The topological polar surface area (TPSA) is 47.8 Å². The second kappa shape index (κ2) is 5.68. The van der Waals surface area contributed by atoms with Crippen molar-refractivity contribution >= 4 is 23.2 Å². The molecule has 21 heavy (non-hydrogen) atoms. The first kappa shape index (κ1) is 13.8. The van der Waals surface area contributed by atoms with Crippen molar-refractivity contribution in [1.29, 1.82) is 0 Å². The van der Waals surface area contributed by atoms with E-state index >= 15 is 0 Å². The molecule has 0 saturated heterocycles. The zero-order valence-electron chi connectivity index (χ0n) is 10.7. The van der Waals surface area contributed by atoms with E-state index in [1.54, 1.807) is 18.2 Å². The lowest BCUT2D eigenvalue weighted by Gasteiger charge is -2.06. The van der Waals surface area contributed by atoms with E-state index in [-0.39, 0.29) is 0 Å². The Kier molecular flexibility index (Phi) is 3.73. The second-order valence-electron chi connectivity index (χ2n) is 4.33. The van der Waals surface area contributed by atoms with Crippen molar-refractivity contribution in [2.24, 2.45) is 0 Å². The summed E-state index contributed by atoms with van der Waals surface area (Å²) in [6.45, 7) is 0. The van der Waals surface area contributed by atoms with Crippen LogP contribution in [0.1, 0.15) is 0 Å². The lowest BCUT2D eigenvalue weighted by molar-refractivity contribution is 0.765. The molecule has 0 aliphatic heterocycles. The lowest BCUT2D eigenvalue weighted by Crippen LogP contribution is -2.24. The standard InChI is InChI=1S/C15H9Cl2N3O/c16-11-6-12(17)8-13(7-11)20-15(21)19-14(9-18-20)10-4-2-1-3-5-10/h1-9H. The highest BCUT2D eigenvalue weighted by Crippen LogP contribution is 2.20. The Bertz CT molecular complexity index is 827. The monoisotopic (exact) mass is 317 g/mol. The van der Waals surface area contributed by atoms with E-state index in [1.807, 2.05) is 30.3 Å². The summed E-state index contributed by atoms with van der Waals surface area (Å²) in [4.78, 5) is 16.2. The highest BCUT2D eigenvalue weighted by molar-refractivity contribution is 6.34. The average molecular weight is 318 g/mol. The van der Waals surface area contributed by atoms with Gasteiger partial charge in [0.05, 0.1) is 17.6 Å². The molecule has 3 aromatic rings. The summed E-state index contributed by atoms with van der Waals surface area (Å²) in [6.07, 6.45) is 1.53. The average Bonchev–Trinajstić information content (AvgIpc) is 2.47. The van der Waals surface area contributed by atoms with Gasteiger partial charge >= 0.3 is 5.69 Å². The Labute approximate surface area is 130 Å². The predicted molar refractivity (Wildman–Crippen MR) is 83.1 cm³/mol. The Balaban J connectivity index is 2.08. The fourth-order valence-electron chi connectivity index (χ4n) is 1.93. The van der Waals surface area contributed by atoms with E-state index in [1.165, 1.54) is 6.20 Å². The number of hydrogen-bond acceptors (Lipinski definition) is 3. The van der Waals surface area contributed by atoms with Crippen LogP contribution in [0, 0.1) is 0 Å². The molecule has 0 radical (unpaired) electrons. The van der Waals surface area contributed by atoms with E-state index in [4.69, 9.17) is 23.2 Å². The Morgan fingerprint density at radius 2 is 1.62 bits per heavy atom. The largest absolute Gasteiger partial charge is 0.369 e. The van der Waals surface area contributed by atoms with Crippen LogP contribution in [-0.2, 0) is 0 Å². The van der Waals surface area contributed by atoms with Gasteiger partial charge in [0.25, 0.3) is 0 Å². The molecule has 0 fully saturated rings. The number of nitrogens with zero attached hydrogens (tertiary/aromatic N) is 3. The molecule has 1 aromatic heterocycles. The third kappa shape index (κ3) is 2.96. The number of hydrogen-bond donors (Lipinski definition) is 0. The van der Waals surface area contributed by atoms with Crippen LogP contribution in [0.25, 0.3) is 16.9 Å². The molecule has 0 N–H and O–H groups in total. The van der Waals surface area contributed by atoms with Gasteiger partial charge in [-0.15, -0.1) is 0 Å². The first-order valence-corrected chi connectivity index (χ1v) is 6.87. The SMILES string of the molecule is O=c1nc(-c2ccccc2)cnn1-c1cc(Cl)cc(Cl)c1. The van der Waals surface area contributed by atoms with Gasteiger partial charge in [0.1, 0.15) is 0 Å². The molecular weight excluding hydrogens is 309 g/mol. The quantitative estimate of drug-likeness (QED) is 0.725. The summed E-state index contributed by atoms with van der Waals surface area (Å²) in [7, 11) is 0. The van der Waals surface area contributed by atoms with E-state index in [2.05, 4.69) is 10.1 Å². The maximum atomic E-state index is 12.1. The van der Waals surface area contributed by atoms with Gasteiger partial charge in [-0.2, -0.15) is 14.8 Å². The van der Waals surface area contributed by atoms with Crippen LogP contribution >= 0.6 is 23.2 Å². The van der Waals surface area contributed by atoms with Crippen LogP contribution in [0.4, 0.5) is 0 Å². The molecule has 0 aliphatic carbocycles. The Morgan fingerprint density at radius 1 is 0.952 bits per heavy atom. The van der Waals surface area contributed by atoms with Crippen molar-refractivity contribution in [3.8, 4) is 16.9 Å². The number of aromatic nitrogens is 3. The molecule has 6 heteroatoms. The fraction of sp³-hybridized carbons (Fsp3) is 0. The van der Waals surface area contributed by atoms with Crippen LogP contribution in [0.5, 0.6) is 0 Å². The molecule has 0 saturated carbocycles. The molecule has 3 rings (SSSR count). The van der Waals surface area contributed by atoms with Crippen LogP contribution in [0.15, 0.2) is 59.5 Å². The minimum absolute atomic E-state index is 0.429. The fourth-order valence-corrected chi connectivity index (χ4v) is 2.44. The molecule has 0 unspecified atom stereocenters. The molecule has 0 atom stereocenters. The number of rotatable bonds is 2. The Morgan fingerprint density at radius 3 is 2.24 bits per heavy atom. The van der Waals surface area contributed by atoms with Gasteiger partial charge in [-0.25, -0.2) is 4.79 Å². The highest BCUT2D eigenvalue weighted by atomic mass is 35.5. The minimum Gasteiger partial charge on any atom is -0.244 e. The van der Waals surface area contributed by atoms with Crippen molar-refractivity contribution in [2.45, 2.75) is 0 Å². The minimum atomic E-state index is -0.491. The first-order valence-electron chi connectivity index (χ1n) is 6.12. The molecule has 0 amide bonds. The third-order valence-corrected chi connectivity index (χ3v) is 3.29. The van der Waals surface area contributed by atoms with E-state index in [9.17, 15) is 4.79 Å². The van der Waals surface area contributed by atoms with Crippen molar-refractivity contribution < 1.29 is 0 Å². The summed E-state index contributed by atoms with van der Waals surface area (Å²) in [5.41, 5.74) is 1.34. The molecular formula is C15H9Cl2N3O. The molecule has 2 aromatic carbocycles. The van der Waals surface area contributed by atoms with Crippen LogP contribution in [0.2, 0.25) is 10.0 Å². The summed E-state index contributed by atoms with van der Waals surface area (Å²) >= 11 is 11.9. The van der Waals surface area contributed by atoms with Gasteiger partial charge in [0.2, 0.25) is 0 Å². The summed E-state index contributed by atoms with van der Waals surface area (Å²) in [6, 6.07) is 14.2. The van der Waals surface area contributed by atoms with Crippen LogP contribution in [-0.4, -0.2) is 14.8 Å². The molecule has 104 valence electrons. The number of benzene rings is 2. The molecule has 1 heterocycles. The van der Waals surface area contributed by atoms with Crippen molar-refractivity contribution in [3.63, 3.8) is 0 Å². The van der Waals surface area contributed by atoms with Gasteiger partial charge in [-0.1, -0.05) is 53.5 Å². The van der Waals surface area contributed by atoms with E-state index in [0.717, 1.165) is 10.2 Å². The van der Waals surface area contributed by atoms with Crippen molar-refractivity contribution in [3.05, 3.63) is 75.3 Å². The van der Waals surface area contributed by atoms with Crippen LogP contribution < -0.4 is 5.69 Å². The lowest BCUT2D eigenvalue weighted by atomic mass is 10.2. The molecule has 4 nitrogen and oxygen atoms in total. The van der Waals surface area contributed by atoms with E-state index < -0.39 is 5.69 Å². The Hall–Kier alpha value is -2.17. The molecule has 0 spiro atoms. The van der Waals surface area contributed by atoms with Gasteiger partial charge in [-0.05, 0) is 18.2 Å². The zero-order valence-corrected chi connectivity index (χ0v) is 12.2. The highest BCUT2D eigenvalue weighted by Gasteiger charge is 2.07. The summed E-state index contributed by atoms with van der Waals surface area (Å²) in [5.74, 6) is 0. The predicted octanol–water partition coefficient (Wildman–Crippen LogP) is 3.60. The summed E-state index contributed by atoms with van der Waals surface area (Å²) in [5, 5.41) is 4.99. The summed E-state index contributed by atoms with van der Waals surface area (Å²) < 4.78 is 1.16. The van der Waals surface area contributed by atoms with Gasteiger partial charge in [-0.3, -0.25) is 0 Å². The smallest absolute Gasteiger partial charge is 0.244 e. The maximum Gasteiger partial charge on any atom is 0.369 e. The maximum absolute atomic E-state index is 12.1. The molecule has 0 bridgehead atoms. The first-order chi connectivity index (χ1) is 10.1. The van der Waals surface area contributed by atoms with Crippen molar-refractivity contribution in [1.82, 2.24) is 14.8 Å². The van der Waals surface area contributed by atoms with Crippen molar-refractivity contribution in [2.75, 3.05) is 0 Å². The van der Waals surface area contributed by atoms with E-state index in [0.29, 0.717) is 21.4 Å². The number of halogens is 2. The molecule has 0 aliphatic rings. The van der Waals surface area contributed by atoms with Crippen LogP contribution in [0.3, 0.4) is 0 Å². The second-order valence-corrected chi connectivity index (χ2v) is 5.20. The van der Waals surface area contributed by atoms with Gasteiger partial charge in [0, 0.05) is 15.6 Å². The normalized spacial score (nSPS) is 10.6. The van der Waals surface area contributed by atoms with Gasteiger partial charge in [0.15, 0.2) is 0 Å². The zero-order chi connectivity index (χ0) is 14.8.